The number of nitrogens with two attached hydrogens (primary N) is 1. The fraction of sp³-hybridized carbons (Fsp3) is 0.182. The minimum Gasteiger partial charge on any atom is -0.486 e. The molecule has 1 aromatic heterocycles. The molecule has 0 radical (unpaired) electrons. The fourth-order valence-electron chi connectivity index (χ4n) is 1.91. The smallest absolute Gasteiger partial charge is 0.256 e. The fourth-order valence-corrected chi connectivity index (χ4v) is 2.60. The molecule has 0 fully saturated rings. The van der Waals surface area contributed by atoms with Crippen LogP contribution in [-0.4, -0.2) is 26.6 Å². The van der Waals surface area contributed by atoms with Crippen molar-refractivity contribution < 1.29 is 17.9 Å². The van der Waals surface area contributed by atoms with Crippen LogP contribution in [-0.2, 0) is 10.0 Å². The Kier molecular flexibility index (Phi) is 2.39. The first-order chi connectivity index (χ1) is 8.55. The van der Waals surface area contributed by atoms with Gasteiger partial charge in [0.05, 0.1) is 0 Å². The molecular formula is C11H10N2O4S. The van der Waals surface area contributed by atoms with Gasteiger partial charge < -0.3 is 9.47 Å². The molecule has 2 N–H and O–H groups in total. The predicted molar refractivity (Wildman–Crippen MR) is 64.1 cm³/mol. The number of sulfonamides is 1. The molecule has 1 aromatic carbocycles. The molecule has 0 amide bonds. The zero-order valence-electron chi connectivity index (χ0n) is 9.29. The minimum atomic E-state index is -3.86. The second kappa shape index (κ2) is 3.82. The summed E-state index contributed by atoms with van der Waals surface area (Å²) < 4.78 is 33.8. The van der Waals surface area contributed by atoms with Gasteiger partial charge in [0.25, 0.3) is 10.0 Å². The molecule has 0 unspecified atom stereocenters. The molecule has 0 aliphatic carbocycles. The average Bonchev–Trinajstić information content (AvgIpc) is 2.34. The van der Waals surface area contributed by atoms with Crippen LogP contribution in [0.25, 0.3) is 10.8 Å². The summed E-state index contributed by atoms with van der Waals surface area (Å²) in [5.74, 6) is 1.10. The molecule has 1 aliphatic heterocycles. The number of rotatable bonds is 1. The highest BCUT2D eigenvalue weighted by Crippen LogP contribution is 2.35. The van der Waals surface area contributed by atoms with E-state index in [1.54, 1.807) is 18.2 Å². The van der Waals surface area contributed by atoms with Crippen molar-refractivity contribution in [3.63, 3.8) is 0 Å². The van der Waals surface area contributed by atoms with Crippen molar-refractivity contribution in [3.8, 4) is 11.5 Å². The summed E-state index contributed by atoms with van der Waals surface area (Å²) in [6.07, 6.45) is 1.40. The van der Waals surface area contributed by atoms with Gasteiger partial charge in [0.15, 0.2) is 16.5 Å². The zero-order valence-corrected chi connectivity index (χ0v) is 10.1. The van der Waals surface area contributed by atoms with Gasteiger partial charge in [-0.25, -0.2) is 18.5 Å². The van der Waals surface area contributed by atoms with Crippen molar-refractivity contribution in [2.24, 2.45) is 5.14 Å². The maximum atomic E-state index is 11.5. The van der Waals surface area contributed by atoms with Gasteiger partial charge in [-0.1, -0.05) is 0 Å². The summed E-state index contributed by atoms with van der Waals surface area (Å²) in [6, 6.07) is 5.01. The lowest BCUT2D eigenvalue weighted by molar-refractivity contribution is 0.172. The second-order valence-electron chi connectivity index (χ2n) is 3.88. The van der Waals surface area contributed by atoms with Crippen molar-refractivity contribution in [2.75, 3.05) is 13.2 Å². The van der Waals surface area contributed by atoms with E-state index in [9.17, 15) is 8.42 Å². The molecule has 0 saturated heterocycles. The molecule has 0 spiro atoms. The number of pyridine rings is 1. The lowest BCUT2D eigenvalue weighted by atomic mass is 10.1. The van der Waals surface area contributed by atoms with Gasteiger partial charge in [0, 0.05) is 11.6 Å². The van der Waals surface area contributed by atoms with Crippen LogP contribution >= 0.6 is 0 Å². The Labute approximate surface area is 103 Å². The number of benzene rings is 1. The molecule has 0 atom stereocenters. The highest BCUT2D eigenvalue weighted by atomic mass is 32.2. The van der Waals surface area contributed by atoms with Gasteiger partial charge in [0.2, 0.25) is 0 Å². The summed E-state index contributed by atoms with van der Waals surface area (Å²) in [5, 5.41) is 6.11. The minimum absolute atomic E-state index is 0.156. The first-order valence-corrected chi connectivity index (χ1v) is 6.81. The SMILES string of the molecule is NS(=O)(=O)c1nccc2cc3c(cc12)OCCO3. The van der Waals surface area contributed by atoms with E-state index >= 15 is 0 Å². The lowest BCUT2D eigenvalue weighted by Crippen LogP contribution is -2.16. The number of fused-ring (bicyclic) bond motifs is 2. The summed E-state index contributed by atoms with van der Waals surface area (Å²) >= 11 is 0. The molecule has 7 heteroatoms. The molecule has 2 aromatic rings. The van der Waals surface area contributed by atoms with Crippen molar-refractivity contribution in [2.45, 2.75) is 5.03 Å². The Bertz CT molecular complexity index is 727. The third-order valence-electron chi connectivity index (χ3n) is 2.66. The van der Waals surface area contributed by atoms with Crippen LogP contribution in [0.1, 0.15) is 0 Å². The van der Waals surface area contributed by atoms with Gasteiger partial charge in [-0.2, -0.15) is 0 Å². The van der Waals surface area contributed by atoms with Crippen LogP contribution in [0.2, 0.25) is 0 Å². The van der Waals surface area contributed by atoms with E-state index in [4.69, 9.17) is 14.6 Å². The van der Waals surface area contributed by atoms with Crippen molar-refractivity contribution in [1.82, 2.24) is 4.98 Å². The van der Waals surface area contributed by atoms with E-state index < -0.39 is 10.0 Å². The topological polar surface area (TPSA) is 91.5 Å². The quantitative estimate of drug-likeness (QED) is 0.818. The highest BCUT2D eigenvalue weighted by Gasteiger charge is 2.18. The first kappa shape index (κ1) is 11.2. The number of ether oxygens (including phenoxy) is 2. The second-order valence-corrected chi connectivity index (χ2v) is 5.35. The van der Waals surface area contributed by atoms with E-state index in [1.165, 1.54) is 6.20 Å². The molecule has 1 aliphatic rings. The number of primary sulfonamides is 1. The van der Waals surface area contributed by atoms with Crippen LogP contribution in [0.4, 0.5) is 0 Å². The normalized spacial score (nSPS) is 14.7. The standard InChI is InChI=1S/C11H10N2O4S/c12-18(14,15)11-8-6-10-9(16-3-4-17-10)5-7(8)1-2-13-11/h1-2,5-6H,3-4H2,(H2,12,14,15). The van der Waals surface area contributed by atoms with Crippen molar-refractivity contribution >= 4 is 20.8 Å². The predicted octanol–water partition coefficient (Wildman–Crippen LogP) is 0.653. The number of hydrogen-bond acceptors (Lipinski definition) is 5. The molecule has 2 heterocycles. The van der Waals surface area contributed by atoms with Crippen LogP contribution in [0.5, 0.6) is 11.5 Å². The Hall–Kier alpha value is -1.86. The molecule has 6 nitrogen and oxygen atoms in total. The third-order valence-corrected chi connectivity index (χ3v) is 3.52. The maximum absolute atomic E-state index is 11.5. The van der Waals surface area contributed by atoms with Crippen LogP contribution in [0, 0.1) is 0 Å². The van der Waals surface area contributed by atoms with Crippen LogP contribution in [0.15, 0.2) is 29.4 Å². The summed E-state index contributed by atoms with van der Waals surface area (Å²) in [6.45, 7) is 0.912. The van der Waals surface area contributed by atoms with Gasteiger partial charge in [-0.3, -0.25) is 0 Å². The Morgan fingerprint density at radius 1 is 1.17 bits per heavy atom. The lowest BCUT2D eigenvalue weighted by Gasteiger charge is -2.19. The van der Waals surface area contributed by atoms with Crippen LogP contribution in [0.3, 0.4) is 0 Å². The Morgan fingerprint density at radius 3 is 2.50 bits per heavy atom. The Balaban J connectivity index is 2.35. The third kappa shape index (κ3) is 1.77. The van der Waals surface area contributed by atoms with E-state index in [0.717, 1.165) is 0 Å². The van der Waals surface area contributed by atoms with Crippen molar-refractivity contribution in [3.05, 3.63) is 24.4 Å². The molecule has 18 heavy (non-hydrogen) atoms. The molecule has 3 rings (SSSR count). The molecular weight excluding hydrogens is 256 g/mol. The number of nitrogens with zero attached hydrogens (tertiary/aromatic N) is 1. The zero-order chi connectivity index (χ0) is 12.8. The highest BCUT2D eigenvalue weighted by molar-refractivity contribution is 7.89. The van der Waals surface area contributed by atoms with E-state index in [0.29, 0.717) is 35.5 Å². The van der Waals surface area contributed by atoms with Gasteiger partial charge in [0.1, 0.15) is 13.2 Å². The van der Waals surface area contributed by atoms with E-state index in [-0.39, 0.29) is 5.03 Å². The molecule has 94 valence electrons. The van der Waals surface area contributed by atoms with Gasteiger partial charge in [-0.15, -0.1) is 0 Å². The monoisotopic (exact) mass is 266 g/mol. The first-order valence-electron chi connectivity index (χ1n) is 5.27. The summed E-state index contributed by atoms with van der Waals surface area (Å²) in [4.78, 5) is 3.82. The van der Waals surface area contributed by atoms with Crippen LogP contribution < -0.4 is 14.6 Å². The largest absolute Gasteiger partial charge is 0.486 e. The van der Waals surface area contributed by atoms with Gasteiger partial charge >= 0.3 is 0 Å². The van der Waals surface area contributed by atoms with Gasteiger partial charge in [-0.05, 0) is 23.6 Å². The van der Waals surface area contributed by atoms with Crippen molar-refractivity contribution in [1.29, 1.82) is 0 Å². The molecule has 0 bridgehead atoms. The number of hydrogen-bond donors (Lipinski definition) is 1. The van der Waals surface area contributed by atoms with E-state index in [2.05, 4.69) is 4.98 Å². The molecule has 0 saturated carbocycles. The average molecular weight is 266 g/mol. The van der Waals surface area contributed by atoms with E-state index in [1.807, 2.05) is 0 Å². The Morgan fingerprint density at radius 2 is 1.83 bits per heavy atom. The summed E-state index contributed by atoms with van der Waals surface area (Å²) in [5.41, 5.74) is 0. The summed E-state index contributed by atoms with van der Waals surface area (Å²) in [7, 11) is -3.86. The maximum Gasteiger partial charge on any atom is 0.256 e. The number of aromatic nitrogens is 1.